The Hall–Kier alpha value is -1.05. The van der Waals surface area contributed by atoms with E-state index in [-0.39, 0.29) is 10.8 Å². The van der Waals surface area contributed by atoms with E-state index >= 15 is 0 Å². The fourth-order valence-electron chi connectivity index (χ4n) is 2.11. The number of nitrogens with zero attached hydrogens (tertiary/aromatic N) is 1. The summed E-state index contributed by atoms with van der Waals surface area (Å²) in [5.74, 6) is -0.612. The van der Waals surface area contributed by atoms with E-state index in [1.54, 1.807) is 24.3 Å². The number of carboxylic acid groups (broad SMARTS) is 1. The minimum Gasteiger partial charge on any atom is -0.480 e. The molecule has 110 valence electrons. The smallest absolute Gasteiger partial charge is 0.322 e. The predicted octanol–water partition coefficient (Wildman–Crippen LogP) is 1.79. The topological polar surface area (TPSA) is 74.7 Å². The largest absolute Gasteiger partial charge is 0.480 e. The van der Waals surface area contributed by atoms with Crippen molar-refractivity contribution < 1.29 is 18.3 Å². The summed E-state index contributed by atoms with van der Waals surface area (Å²) >= 11 is 1.32. The number of rotatable bonds is 5. The van der Waals surface area contributed by atoms with Crippen molar-refractivity contribution in [2.24, 2.45) is 0 Å². The third-order valence-corrected chi connectivity index (χ3v) is 6.24. The first-order valence-corrected chi connectivity index (χ1v) is 8.97. The molecule has 1 aliphatic heterocycles. The summed E-state index contributed by atoms with van der Waals surface area (Å²) in [6.07, 6.45) is 1.90. The van der Waals surface area contributed by atoms with E-state index in [1.165, 1.54) is 11.8 Å². The fourth-order valence-corrected chi connectivity index (χ4v) is 5.25. The van der Waals surface area contributed by atoms with Gasteiger partial charge in [0.2, 0.25) is 10.0 Å². The summed E-state index contributed by atoms with van der Waals surface area (Å²) in [5.41, 5.74) is 1.08. The summed E-state index contributed by atoms with van der Waals surface area (Å²) < 4.78 is 26.0. The summed E-state index contributed by atoms with van der Waals surface area (Å²) in [5, 5.41) is 9.09. The molecule has 1 aromatic rings. The summed E-state index contributed by atoms with van der Waals surface area (Å²) in [6, 6.07) is 5.72. The Balaban J connectivity index is 2.27. The number of carboxylic acids is 1. The predicted molar refractivity (Wildman–Crippen MR) is 78.2 cm³/mol. The highest BCUT2D eigenvalue weighted by Gasteiger charge is 2.39. The van der Waals surface area contributed by atoms with Crippen LogP contribution in [0.2, 0.25) is 0 Å². The maximum atomic E-state index is 12.5. The van der Waals surface area contributed by atoms with Gasteiger partial charge >= 0.3 is 5.97 Å². The monoisotopic (exact) mass is 315 g/mol. The first-order valence-electron chi connectivity index (χ1n) is 6.38. The van der Waals surface area contributed by atoms with Crippen molar-refractivity contribution in [2.75, 3.05) is 11.6 Å². The van der Waals surface area contributed by atoms with Crippen LogP contribution in [0.3, 0.4) is 0 Å². The Bertz CT molecular complexity index is 583. The van der Waals surface area contributed by atoms with Gasteiger partial charge in [-0.15, -0.1) is 11.8 Å². The Labute approximate surface area is 123 Å². The van der Waals surface area contributed by atoms with Gasteiger partial charge in [-0.2, -0.15) is 4.31 Å². The highest BCUT2D eigenvalue weighted by atomic mass is 32.2. The molecule has 1 aliphatic rings. The molecule has 0 radical (unpaired) electrons. The highest BCUT2D eigenvalue weighted by molar-refractivity contribution is 8.00. The SMILES string of the molecule is CCCc1ccc(S(=O)(=O)N2CSC[C@H]2C(=O)O)cc1. The lowest BCUT2D eigenvalue weighted by Gasteiger charge is -2.20. The fraction of sp³-hybridized carbons (Fsp3) is 0.462. The van der Waals surface area contributed by atoms with Gasteiger partial charge in [-0.1, -0.05) is 25.5 Å². The summed E-state index contributed by atoms with van der Waals surface area (Å²) in [6.45, 7) is 2.06. The summed E-state index contributed by atoms with van der Waals surface area (Å²) in [7, 11) is -3.73. The van der Waals surface area contributed by atoms with Crippen LogP contribution in [0.25, 0.3) is 0 Å². The van der Waals surface area contributed by atoms with Gasteiger partial charge in [-0.3, -0.25) is 4.79 Å². The molecule has 1 heterocycles. The average molecular weight is 315 g/mol. The van der Waals surface area contributed by atoms with Crippen LogP contribution in [-0.2, 0) is 21.2 Å². The van der Waals surface area contributed by atoms with Crippen LogP contribution in [0.4, 0.5) is 0 Å². The number of hydrogen-bond donors (Lipinski definition) is 1. The van der Waals surface area contributed by atoms with Crippen LogP contribution in [0.1, 0.15) is 18.9 Å². The van der Waals surface area contributed by atoms with Crippen LogP contribution < -0.4 is 0 Å². The molecule has 1 saturated heterocycles. The number of hydrogen-bond acceptors (Lipinski definition) is 4. The molecule has 2 rings (SSSR count). The lowest BCUT2D eigenvalue weighted by molar-refractivity contribution is -0.140. The summed E-state index contributed by atoms with van der Waals surface area (Å²) in [4.78, 5) is 11.3. The Morgan fingerprint density at radius 2 is 2.05 bits per heavy atom. The van der Waals surface area contributed by atoms with Crippen LogP contribution in [0.5, 0.6) is 0 Å². The van der Waals surface area contributed by atoms with E-state index in [1.807, 2.05) is 0 Å². The molecule has 1 fully saturated rings. The van der Waals surface area contributed by atoms with Crippen molar-refractivity contribution in [3.8, 4) is 0 Å². The number of aliphatic carboxylic acids is 1. The lowest BCUT2D eigenvalue weighted by Crippen LogP contribution is -2.41. The third kappa shape index (κ3) is 2.99. The van der Waals surface area contributed by atoms with Gasteiger partial charge in [0.25, 0.3) is 0 Å². The van der Waals surface area contributed by atoms with E-state index in [0.717, 1.165) is 22.7 Å². The molecule has 0 bridgehead atoms. The van der Waals surface area contributed by atoms with E-state index in [9.17, 15) is 13.2 Å². The van der Waals surface area contributed by atoms with Crippen LogP contribution >= 0.6 is 11.8 Å². The minimum absolute atomic E-state index is 0.158. The number of thioether (sulfide) groups is 1. The Kier molecular flexibility index (Phi) is 4.72. The van der Waals surface area contributed by atoms with Gasteiger partial charge in [0.15, 0.2) is 0 Å². The first kappa shape index (κ1) is 15.3. The molecular formula is C13H17NO4S2. The van der Waals surface area contributed by atoms with Crippen molar-refractivity contribution in [3.63, 3.8) is 0 Å². The van der Waals surface area contributed by atoms with Gasteiger partial charge in [-0.05, 0) is 24.1 Å². The number of sulfonamides is 1. The number of aryl methyl sites for hydroxylation is 1. The second kappa shape index (κ2) is 6.15. The van der Waals surface area contributed by atoms with Gasteiger partial charge in [0, 0.05) is 5.75 Å². The molecule has 0 spiro atoms. The molecule has 0 aromatic heterocycles. The van der Waals surface area contributed by atoms with Crippen LogP contribution in [-0.4, -0.2) is 41.5 Å². The second-order valence-electron chi connectivity index (χ2n) is 4.64. The molecule has 5 nitrogen and oxygen atoms in total. The molecule has 1 N–H and O–H groups in total. The van der Waals surface area contributed by atoms with E-state index in [2.05, 4.69) is 6.92 Å². The van der Waals surface area contributed by atoms with Crippen molar-refractivity contribution in [1.29, 1.82) is 0 Å². The van der Waals surface area contributed by atoms with E-state index in [4.69, 9.17) is 5.11 Å². The van der Waals surface area contributed by atoms with Crippen molar-refractivity contribution in [1.82, 2.24) is 4.31 Å². The molecule has 0 aliphatic carbocycles. The maximum Gasteiger partial charge on any atom is 0.322 e. The molecule has 0 saturated carbocycles. The van der Waals surface area contributed by atoms with Gasteiger partial charge in [0.1, 0.15) is 6.04 Å². The highest BCUT2D eigenvalue weighted by Crippen LogP contribution is 2.28. The average Bonchev–Trinajstić information content (AvgIpc) is 2.90. The quantitative estimate of drug-likeness (QED) is 0.896. The zero-order valence-corrected chi connectivity index (χ0v) is 12.8. The normalized spacial score (nSPS) is 20.1. The lowest BCUT2D eigenvalue weighted by atomic mass is 10.1. The number of carbonyl (C=O) groups is 1. The molecule has 7 heteroatoms. The van der Waals surface area contributed by atoms with Crippen molar-refractivity contribution >= 4 is 27.8 Å². The maximum absolute atomic E-state index is 12.5. The molecule has 1 atom stereocenters. The molecular weight excluding hydrogens is 298 g/mol. The van der Waals surface area contributed by atoms with Gasteiger partial charge < -0.3 is 5.11 Å². The first-order chi connectivity index (χ1) is 9.46. The zero-order valence-electron chi connectivity index (χ0n) is 11.2. The molecule has 0 unspecified atom stereocenters. The van der Waals surface area contributed by atoms with E-state index < -0.39 is 22.0 Å². The van der Waals surface area contributed by atoms with Crippen LogP contribution in [0, 0.1) is 0 Å². The van der Waals surface area contributed by atoms with Crippen molar-refractivity contribution in [2.45, 2.75) is 30.7 Å². The minimum atomic E-state index is -3.73. The molecule has 20 heavy (non-hydrogen) atoms. The van der Waals surface area contributed by atoms with E-state index in [0.29, 0.717) is 5.75 Å². The van der Waals surface area contributed by atoms with Gasteiger partial charge in [-0.25, -0.2) is 8.42 Å². The number of benzene rings is 1. The van der Waals surface area contributed by atoms with Crippen molar-refractivity contribution in [3.05, 3.63) is 29.8 Å². The molecule has 0 amide bonds. The van der Waals surface area contributed by atoms with Crippen LogP contribution in [0.15, 0.2) is 29.2 Å². The Morgan fingerprint density at radius 1 is 1.40 bits per heavy atom. The Morgan fingerprint density at radius 3 is 2.60 bits per heavy atom. The zero-order chi connectivity index (χ0) is 14.8. The third-order valence-electron chi connectivity index (χ3n) is 3.20. The molecule has 1 aromatic carbocycles. The second-order valence-corrected chi connectivity index (χ2v) is 7.53. The van der Waals surface area contributed by atoms with Gasteiger partial charge in [0.05, 0.1) is 10.8 Å². The standard InChI is InChI=1S/C13H17NO4S2/c1-2-3-10-4-6-11(7-5-10)20(17,18)14-9-19-8-12(14)13(15)16/h4-7,12H,2-3,8-9H2,1H3,(H,15,16)/t12-/m0/s1.